The number of anilines is 1. The number of aryl methyl sites for hydroxylation is 1. The second kappa shape index (κ2) is 5.74. The van der Waals surface area contributed by atoms with Gasteiger partial charge in [0.05, 0.1) is 17.4 Å². The molecule has 0 aliphatic heterocycles. The molecular formula is C18H18N2. The zero-order valence-corrected chi connectivity index (χ0v) is 11.6. The third-order valence-electron chi connectivity index (χ3n) is 3.52. The highest BCUT2D eigenvalue weighted by Crippen LogP contribution is 2.16. The van der Waals surface area contributed by atoms with Crippen LogP contribution in [0.5, 0.6) is 0 Å². The van der Waals surface area contributed by atoms with E-state index in [1.807, 2.05) is 24.4 Å². The zero-order chi connectivity index (χ0) is 13.8. The molecule has 1 heterocycles. The van der Waals surface area contributed by atoms with Crippen molar-refractivity contribution in [3.63, 3.8) is 0 Å². The van der Waals surface area contributed by atoms with Crippen LogP contribution in [0.4, 0.5) is 5.69 Å². The summed E-state index contributed by atoms with van der Waals surface area (Å²) in [6.45, 7) is 3.00. The summed E-state index contributed by atoms with van der Waals surface area (Å²) in [6, 6.07) is 19.1. The van der Waals surface area contributed by atoms with E-state index in [1.54, 1.807) is 0 Å². The topological polar surface area (TPSA) is 24.9 Å². The molecule has 1 N–H and O–H groups in total. The fourth-order valence-electron chi connectivity index (χ4n) is 2.26. The summed E-state index contributed by atoms with van der Waals surface area (Å²) in [5.74, 6) is 0. The summed E-state index contributed by atoms with van der Waals surface area (Å²) >= 11 is 0. The molecule has 1 aromatic heterocycles. The molecule has 2 aromatic carbocycles. The standard InChI is InChI=1S/C18H18N2/c1-2-14-7-9-15(10-8-14)12-19-17-11-16-5-3-4-6-18(16)20-13-17/h3-11,13,19H,2,12H2,1H3. The van der Waals surface area contributed by atoms with Crippen LogP contribution in [0.15, 0.2) is 60.8 Å². The molecule has 0 saturated heterocycles. The first-order chi connectivity index (χ1) is 9.85. The molecule has 0 aliphatic rings. The van der Waals surface area contributed by atoms with Crippen molar-refractivity contribution in [1.82, 2.24) is 4.98 Å². The molecule has 0 bridgehead atoms. The van der Waals surface area contributed by atoms with Crippen LogP contribution in [0.3, 0.4) is 0 Å². The average molecular weight is 262 g/mol. The molecule has 3 aromatic rings. The predicted molar refractivity (Wildman–Crippen MR) is 84.9 cm³/mol. The van der Waals surface area contributed by atoms with Gasteiger partial charge < -0.3 is 5.32 Å². The normalized spacial score (nSPS) is 10.7. The lowest BCUT2D eigenvalue weighted by atomic mass is 10.1. The molecule has 2 nitrogen and oxygen atoms in total. The number of hydrogen-bond acceptors (Lipinski definition) is 2. The molecule has 3 rings (SSSR count). The number of hydrogen-bond donors (Lipinski definition) is 1. The van der Waals surface area contributed by atoms with Crippen molar-refractivity contribution in [2.24, 2.45) is 0 Å². The Balaban J connectivity index is 1.72. The van der Waals surface area contributed by atoms with E-state index in [4.69, 9.17) is 0 Å². The van der Waals surface area contributed by atoms with Crippen molar-refractivity contribution in [3.05, 3.63) is 71.9 Å². The lowest BCUT2D eigenvalue weighted by Gasteiger charge is -2.08. The van der Waals surface area contributed by atoms with Gasteiger partial charge in [-0.05, 0) is 29.7 Å². The van der Waals surface area contributed by atoms with Crippen LogP contribution in [-0.2, 0) is 13.0 Å². The van der Waals surface area contributed by atoms with Crippen LogP contribution in [0, 0.1) is 0 Å². The largest absolute Gasteiger partial charge is 0.380 e. The van der Waals surface area contributed by atoms with Gasteiger partial charge in [0.1, 0.15) is 0 Å². The molecular weight excluding hydrogens is 244 g/mol. The highest BCUT2D eigenvalue weighted by molar-refractivity contribution is 5.81. The number of pyridine rings is 1. The van der Waals surface area contributed by atoms with Crippen LogP contribution >= 0.6 is 0 Å². The number of aromatic nitrogens is 1. The first-order valence-electron chi connectivity index (χ1n) is 7.01. The maximum Gasteiger partial charge on any atom is 0.0703 e. The van der Waals surface area contributed by atoms with Gasteiger partial charge in [0.25, 0.3) is 0 Å². The summed E-state index contributed by atoms with van der Waals surface area (Å²) in [6.07, 6.45) is 2.98. The maximum atomic E-state index is 4.46. The first kappa shape index (κ1) is 12.7. The van der Waals surface area contributed by atoms with E-state index in [0.29, 0.717) is 0 Å². The third-order valence-corrected chi connectivity index (χ3v) is 3.52. The highest BCUT2D eigenvalue weighted by atomic mass is 14.9. The molecule has 20 heavy (non-hydrogen) atoms. The van der Waals surface area contributed by atoms with E-state index >= 15 is 0 Å². The molecule has 100 valence electrons. The predicted octanol–water partition coefficient (Wildman–Crippen LogP) is 4.41. The fraction of sp³-hybridized carbons (Fsp3) is 0.167. The van der Waals surface area contributed by atoms with Crippen molar-refractivity contribution in [2.75, 3.05) is 5.32 Å². The van der Waals surface area contributed by atoms with E-state index in [-0.39, 0.29) is 0 Å². The second-order valence-electron chi connectivity index (χ2n) is 4.94. The quantitative estimate of drug-likeness (QED) is 0.753. The maximum absolute atomic E-state index is 4.46. The number of para-hydroxylation sites is 1. The Morgan fingerprint density at radius 3 is 2.50 bits per heavy atom. The smallest absolute Gasteiger partial charge is 0.0703 e. The lowest BCUT2D eigenvalue weighted by molar-refractivity contribution is 1.10. The summed E-state index contributed by atoms with van der Waals surface area (Å²) in [4.78, 5) is 4.46. The molecule has 2 heteroatoms. The van der Waals surface area contributed by atoms with E-state index in [2.05, 4.69) is 53.6 Å². The van der Waals surface area contributed by atoms with E-state index < -0.39 is 0 Å². The Hall–Kier alpha value is -2.35. The average Bonchev–Trinajstić information content (AvgIpc) is 2.53. The van der Waals surface area contributed by atoms with Crippen LogP contribution in [0.1, 0.15) is 18.1 Å². The molecule has 0 unspecified atom stereocenters. The number of fused-ring (bicyclic) bond motifs is 1. The van der Waals surface area contributed by atoms with Gasteiger partial charge in [0.15, 0.2) is 0 Å². The van der Waals surface area contributed by atoms with E-state index in [0.717, 1.165) is 24.2 Å². The molecule has 0 fully saturated rings. The van der Waals surface area contributed by atoms with Gasteiger partial charge in [-0.1, -0.05) is 49.4 Å². The van der Waals surface area contributed by atoms with Gasteiger partial charge >= 0.3 is 0 Å². The minimum absolute atomic E-state index is 0.823. The monoisotopic (exact) mass is 262 g/mol. The van der Waals surface area contributed by atoms with Gasteiger partial charge in [-0.3, -0.25) is 4.98 Å². The Labute approximate surface area is 119 Å². The van der Waals surface area contributed by atoms with Gasteiger partial charge in [-0.15, -0.1) is 0 Å². The minimum Gasteiger partial charge on any atom is -0.380 e. The van der Waals surface area contributed by atoms with Crippen molar-refractivity contribution in [3.8, 4) is 0 Å². The van der Waals surface area contributed by atoms with Gasteiger partial charge in [0.2, 0.25) is 0 Å². The number of benzene rings is 2. The number of rotatable bonds is 4. The van der Waals surface area contributed by atoms with Crippen molar-refractivity contribution >= 4 is 16.6 Å². The Morgan fingerprint density at radius 1 is 0.950 bits per heavy atom. The summed E-state index contributed by atoms with van der Waals surface area (Å²) < 4.78 is 0. The van der Waals surface area contributed by atoms with Crippen LogP contribution in [0.25, 0.3) is 10.9 Å². The SMILES string of the molecule is CCc1ccc(CNc2cnc3ccccc3c2)cc1. The molecule has 0 atom stereocenters. The Morgan fingerprint density at radius 2 is 1.70 bits per heavy atom. The van der Waals surface area contributed by atoms with Gasteiger partial charge in [-0.25, -0.2) is 0 Å². The Kier molecular flexibility index (Phi) is 3.64. The molecule has 0 saturated carbocycles. The van der Waals surface area contributed by atoms with Crippen molar-refractivity contribution in [2.45, 2.75) is 19.9 Å². The first-order valence-corrected chi connectivity index (χ1v) is 7.01. The van der Waals surface area contributed by atoms with Crippen molar-refractivity contribution < 1.29 is 0 Å². The zero-order valence-electron chi connectivity index (χ0n) is 11.6. The number of nitrogens with one attached hydrogen (secondary N) is 1. The number of nitrogens with zero attached hydrogens (tertiary/aromatic N) is 1. The summed E-state index contributed by atoms with van der Waals surface area (Å²) in [7, 11) is 0. The fourth-order valence-corrected chi connectivity index (χ4v) is 2.26. The van der Waals surface area contributed by atoms with E-state index in [1.165, 1.54) is 16.5 Å². The van der Waals surface area contributed by atoms with Gasteiger partial charge in [0, 0.05) is 11.9 Å². The Bertz CT molecular complexity index is 702. The van der Waals surface area contributed by atoms with Crippen LogP contribution < -0.4 is 5.32 Å². The highest BCUT2D eigenvalue weighted by Gasteiger charge is 1.98. The minimum atomic E-state index is 0.823. The van der Waals surface area contributed by atoms with Crippen LogP contribution in [0.2, 0.25) is 0 Å². The van der Waals surface area contributed by atoms with Crippen molar-refractivity contribution in [1.29, 1.82) is 0 Å². The summed E-state index contributed by atoms with van der Waals surface area (Å²) in [5.41, 5.74) is 4.75. The molecule has 0 amide bonds. The third kappa shape index (κ3) is 2.80. The second-order valence-corrected chi connectivity index (χ2v) is 4.94. The molecule has 0 spiro atoms. The molecule has 0 aliphatic carbocycles. The van der Waals surface area contributed by atoms with Crippen LogP contribution in [-0.4, -0.2) is 4.98 Å². The molecule has 0 radical (unpaired) electrons. The van der Waals surface area contributed by atoms with E-state index in [9.17, 15) is 0 Å². The lowest BCUT2D eigenvalue weighted by Crippen LogP contribution is -2.00. The van der Waals surface area contributed by atoms with Gasteiger partial charge in [-0.2, -0.15) is 0 Å². The summed E-state index contributed by atoms with van der Waals surface area (Å²) in [5, 5.41) is 4.59.